The van der Waals surface area contributed by atoms with Crippen LogP contribution >= 0.6 is 0 Å². The van der Waals surface area contributed by atoms with E-state index in [1.54, 1.807) is 0 Å². The highest BCUT2D eigenvalue weighted by Gasteiger charge is 2.42. The number of hydrogen-bond acceptors (Lipinski definition) is 4. The van der Waals surface area contributed by atoms with E-state index in [2.05, 4.69) is 4.90 Å². The van der Waals surface area contributed by atoms with Gasteiger partial charge in [0.25, 0.3) is 0 Å². The lowest BCUT2D eigenvalue weighted by Crippen LogP contribution is -2.51. The monoisotopic (exact) mass is 279 g/mol. The van der Waals surface area contributed by atoms with Gasteiger partial charge in [-0.3, -0.25) is 0 Å². The second kappa shape index (κ2) is 6.72. The Balaban J connectivity index is 1.97. The normalized spacial score (nSPS) is 17.9. The standard InChI is InChI=1S/C15H21NO4/c17-11-4-12-20-15(14(18)19)7-9-16(10-8-15)13-5-2-1-3-6-13/h1-3,5-6,17H,4,7-12H2,(H,18,19). The molecule has 1 saturated heterocycles. The van der Waals surface area contributed by atoms with Gasteiger partial charge in [0, 0.05) is 38.2 Å². The SMILES string of the molecule is O=C(O)C1(OCCCO)CCN(c2ccccc2)CC1. The summed E-state index contributed by atoms with van der Waals surface area (Å²) >= 11 is 0. The zero-order chi connectivity index (χ0) is 14.4. The highest BCUT2D eigenvalue weighted by atomic mass is 16.5. The summed E-state index contributed by atoms with van der Waals surface area (Å²) in [5.41, 5.74) is 0.0160. The second-order valence-electron chi connectivity index (χ2n) is 5.05. The molecular formula is C15H21NO4. The Hall–Kier alpha value is -1.59. The van der Waals surface area contributed by atoms with E-state index in [1.165, 1.54) is 0 Å². The number of anilines is 1. The van der Waals surface area contributed by atoms with Crippen LogP contribution in [0.5, 0.6) is 0 Å². The summed E-state index contributed by atoms with van der Waals surface area (Å²) in [6.07, 6.45) is 1.39. The van der Waals surface area contributed by atoms with Crippen molar-refractivity contribution in [3.8, 4) is 0 Å². The number of hydrogen-bond donors (Lipinski definition) is 2. The Bertz CT molecular complexity index is 427. The molecule has 1 aromatic rings. The van der Waals surface area contributed by atoms with Crippen LogP contribution in [-0.2, 0) is 9.53 Å². The lowest BCUT2D eigenvalue weighted by Gasteiger charge is -2.39. The van der Waals surface area contributed by atoms with E-state index in [1.807, 2.05) is 30.3 Å². The molecule has 1 fully saturated rings. The molecule has 1 aromatic carbocycles. The predicted molar refractivity (Wildman–Crippen MR) is 75.9 cm³/mol. The van der Waals surface area contributed by atoms with E-state index in [-0.39, 0.29) is 13.2 Å². The number of piperidine rings is 1. The third-order valence-electron chi connectivity index (χ3n) is 3.76. The van der Waals surface area contributed by atoms with Gasteiger partial charge in [-0.25, -0.2) is 4.79 Å². The maximum Gasteiger partial charge on any atom is 0.336 e. The van der Waals surface area contributed by atoms with Gasteiger partial charge in [-0.2, -0.15) is 0 Å². The van der Waals surface area contributed by atoms with Crippen molar-refractivity contribution in [2.75, 3.05) is 31.2 Å². The zero-order valence-corrected chi connectivity index (χ0v) is 11.5. The van der Waals surface area contributed by atoms with Gasteiger partial charge < -0.3 is 19.8 Å². The molecule has 5 heteroatoms. The third-order valence-corrected chi connectivity index (χ3v) is 3.76. The maximum atomic E-state index is 11.5. The maximum absolute atomic E-state index is 11.5. The number of rotatable bonds is 6. The summed E-state index contributed by atoms with van der Waals surface area (Å²) in [5, 5.41) is 18.2. The van der Waals surface area contributed by atoms with Crippen molar-refractivity contribution < 1.29 is 19.7 Å². The minimum absolute atomic E-state index is 0.0197. The molecule has 0 spiro atoms. The third kappa shape index (κ3) is 3.29. The van der Waals surface area contributed by atoms with Gasteiger partial charge in [-0.1, -0.05) is 18.2 Å². The summed E-state index contributed by atoms with van der Waals surface area (Å²) in [6.45, 7) is 1.63. The summed E-state index contributed by atoms with van der Waals surface area (Å²) < 4.78 is 5.57. The molecular weight excluding hydrogens is 258 g/mol. The Morgan fingerprint density at radius 1 is 1.25 bits per heavy atom. The topological polar surface area (TPSA) is 70.0 Å². The number of benzene rings is 1. The van der Waals surface area contributed by atoms with Gasteiger partial charge >= 0.3 is 5.97 Å². The van der Waals surface area contributed by atoms with Crippen LogP contribution in [0.2, 0.25) is 0 Å². The highest BCUT2D eigenvalue weighted by molar-refractivity contribution is 5.78. The number of aliphatic hydroxyl groups is 1. The lowest BCUT2D eigenvalue weighted by molar-refractivity contribution is -0.169. The van der Waals surface area contributed by atoms with Crippen LogP contribution < -0.4 is 4.90 Å². The molecule has 1 aliphatic rings. The van der Waals surface area contributed by atoms with Crippen LogP contribution in [-0.4, -0.2) is 48.1 Å². The average molecular weight is 279 g/mol. The number of nitrogens with zero attached hydrogens (tertiary/aromatic N) is 1. The van der Waals surface area contributed by atoms with Gasteiger partial charge in [0.15, 0.2) is 5.60 Å². The first kappa shape index (κ1) is 14.8. The van der Waals surface area contributed by atoms with Crippen LogP contribution in [0.15, 0.2) is 30.3 Å². The molecule has 20 heavy (non-hydrogen) atoms. The van der Waals surface area contributed by atoms with Gasteiger partial charge in [-0.15, -0.1) is 0 Å². The summed E-state index contributed by atoms with van der Waals surface area (Å²) in [5.74, 6) is -0.900. The van der Waals surface area contributed by atoms with E-state index in [0.717, 1.165) is 5.69 Å². The number of carboxylic acid groups (broad SMARTS) is 1. The quantitative estimate of drug-likeness (QED) is 0.772. The fraction of sp³-hybridized carbons (Fsp3) is 0.533. The zero-order valence-electron chi connectivity index (χ0n) is 11.5. The Morgan fingerprint density at radius 3 is 2.45 bits per heavy atom. The van der Waals surface area contributed by atoms with Gasteiger partial charge in [-0.05, 0) is 18.6 Å². The molecule has 0 aliphatic carbocycles. The van der Waals surface area contributed by atoms with Crippen molar-refractivity contribution in [2.45, 2.75) is 24.9 Å². The minimum atomic E-state index is -1.10. The molecule has 1 aliphatic heterocycles. The van der Waals surface area contributed by atoms with Crippen LogP contribution in [0, 0.1) is 0 Å². The number of aliphatic carboxylic acids is 1. The second-order valence-corrected chi connectivity index (χ2v) is 5.05. The molecule has 0 aromatic heterocycles. The van der Waals surface area contributed by atoms with Crippen molar-refractivity contribution >= 4 is 11.7 Å². The van der Waals surface area contributed by atoms with Crippen LogP contribution in [0.25, 0.3) is 0 Å². The van der Waals surface area contributed by atoms with Crippen LogP contribution in [0.4, 0.5) is 5.69 Å². The molecule has 5 nitrogen and oxygen atoms in total. The smallest absolute Gasteiger partial charge is 0.336 e. The Kier molecular flexibility index (Phi) is 4.98. The molecule has 0 saturated carbocycles. The van der Waals surface area contributed by atoms with Crippen LogP contribution in [0.1, 0.15) is 19.3 Å². The predicted octanol–water partition coefficient (Wildman–Crippen LogP) is 1.51. The molecule has 1 heterocycles. The van der Waals surface area contributed by atoms with Crippen molar-refractivity contribution in [2.24, 2.45) is 0 Å². The number of carbonyl (C=O) groups is 1. The first-order chi connectivity index (χ1) is 9.68. The summed E-state index contributed by atoms with van der Waals surface area (Å²) in [7, 11) is 0. The molecule has 2 N–H and O–H groups in total. The van der Waals surface area contributed by atoms with Crippen molar-refractivity contribution in [3.05, 3.63) is 30.3 Å². The molecule has 110 valence electrons. The van der Waals surface area contributed by atoms with Crippen LogP contribution in [0.3, 0.4) is 0 Å². The van der Waals surface area contributed by atoms with Crippen molar-refractivity contribution in [3.63, 3.8) is 0 Å². The fourth-order valence-corrected chi connectivity index (χ4v) is 2.52. The summed E-state index contributed by atoms with van der Waals surface area (Å²) in [6, 6.07) is 9.98. The van der Waals surface area contributed by atoms with Crippen molar-refractivity contribution in [1.29, 1.82) is 0 Å². The van der Waals surface area contributed by atoms with Gasteiger partial charge in [0.2, 0.25) is 0 Å². The highest BCUT2D eigenvalue weighted by Crippen LogP contribution is 2.29. The average Bonchev–Trinajstić information content (AvgIpc) is 2.49. The van der Waals surface area contributed by atoms with E-state index >= 15 is 0 Å². The number of ether oxygens (including phenoxy) is 1. The lowest BCUT2D eigenvalue weighted by atomic mass is 9.91. The van der Waals surface area contributed by atoms with Crippen molar-refractivity contribution in [1.82, 2.24) is 0 Å². The molecule has 0 unspecified atom stereocenters. The van der Waals surface area contributed by atoms with Gasteiger partial charge in [0.05, 0.1) is 6.61 Å². The summed E-state index contributed by atoms with van der Waals surface area (Å²) in [4.78, 5) is 13.7. The van der Waals surface area contributed by atoms with E-state index < -0.39 is 11.6 Å². The minimum Gasteiger partial charge on any atom is -0.479 e. The van der Waals surface area contributed by atoms with E-state index in [4.69, 9.17) is 9.84 Å². The molecule has 0 radical (unpaired) electrons. The van der Waals surface area contributed by atoms with E-state index in [9.17, 15) is 9.90 Å². The Labute approximate surface area is 118 Å². The molecule has 0 amide bonds. The fourth-order valence-electron chi connectivity index (χ4n) is 2.52. The van der Waals surface area contributed by atoms with E-state index in [0.29, 0.717) is 32.4 Å². The molecule has 0 bridgehead atoms. The number of aliphatic hydroxyl groups excluding tert-OH is 1. The number of carboxylic acids is 1. The Morgan fingerprint density at radius 2 is 1.90 bits per heavy atom. The first-order valence-corrected chi connectivity index (χ1v) is 6.96. The van der Waals surface area contributed by atoms with Gasteiger partial charge in [0.1, 0.15) is 0 Å². The largest absolute Gasteiger partial charge is 0.479 e. The number of para-hydroxylation sites is 1. The first-order valence-electron chi connectivity index (χ1n) is 6.96. The molecule has 0 atom stereocenters. The molecule has 2 rings (SSSR count).